The average molecular weight is 556 g/mol. The van der Waals surface area contributed by atoms with Crippen LogP contribution in [0.1, 0.15) is 81.8 Å². The van der Waals surface area contributed by atoms with Gasteiger partial charge in [0.25, 0.3) is 5.91 Å². The van der Waals surface area contributed by atoms with E-state index in [0.29, 0.717) is 6.42 Å². The second-order valence-electron chi connectivity index (χ2n) is 11.8. The molecular weight excluding hydrogens is 510 g/mol. The molecule has 39 heavy (non-hydrogen) atoms. The zero-order valence-electron chi connectivity index (χ0n) is 25.1. The van der Waals surface area contributed by atoms with Crippen LogP contribution in [0.3, 0.4) is 0 Å². The average Bonchev–Trinajstić information content (AvgIpc) is 2.82. The number of thiol groups is 1. The third-order valence-corrected chi connectivity index (χ3v) is 7.25. The van der Waals surface area contributed by atoms with Gasteiger partial charge < -0.3 is 20.3 Å². The molecule has 0 spiro atoms. The Labute approximate surface area is 239 Å². The van der Waals surface area contributed by atoms with Crippen molar-refractivity contribution in [2.75, 3.05) is 11.1 Å². The van der Waals surface area contributed by atoms with Crippen molar-refractivity contribution in [3.63, 3.8) is 0 Å². The standard InChI is InChI=1S/C31H45N3O4S/c1-11-31(9,10)34(28(36)24(18-39)32-29(37)38-30(6,7)8)26(23-16-15-19(2)17-22(23)5)27(35)33-25-20(3)13-12-14-21(25)4/h12-17,24,26,39H,11,18H2,1-10H3,(H,32,37)(H,33,35). The quantitative estimate of drug-likeness (QED) is 0.311. The number of rotatable bonds is 9. The molecule has 0 heterocycles. The van der Waals surface area contributed by atoms with Crippen molar-refractivity contribution in [3.05, 3.63) is 64.2 Å². The highest BCUT2D eigenvalue weighted by molar-refractivity contribution is 7.80. The van der Waals surface area contributed by atoms with Crippen LogP contribution in [0, 0.1) is 27.7 Å². The summed E-state index contributed by atoms with van der Waals surface area (Å²) in [6.07, 6.45) is -0.144. The van der Waals surface area contributed by atoms with Gasteiger partial charge in [0.1, 0.15) is 17.7 Å². The van der Waals surface area contributed by atoms with Crippen molar-refractivity contribution in [3.8, 4) is 0 Å². The van der Waals surface area contributed by atoms with Crippen molar-refractivity contribution in [1.82, 2.24) is 10.2 Å². The van der Waals surface area contributed by atoms with Gasteiger partial charge in [0.05, 0.1) is 0 Å². The fraction of sp³-hybridized carbons (Fsp3) is 0.516. The number of hydrogen-bond acceptors (Lipinski definition) is 5. The Morgan fingerprint density at radius 3 is 2.03 bits per heavy atom. The summed E-state index contributed by atoms with van der Waals surface area (Å²) in [7, 11) is 0. The van der Waals surface area contributed by atoms with Crippen molar-refractivity contribution in [1.29, 1.82) is 0 Å². The molecule has 0 aliphatic heterocycles. The Balaban J connectivity index is 2.68. The fourth-order valence-electron chi connectivity index (χ4n) is 4.48. The van der Waals surface area contributed by atoms with E-state index in [1.165, 1.54) is 0 Å². The van der Waals surface area contributed by atoms with E-state index in [4.69, 9.17) is 4.74 Å². The van der Waals surface area contributed by atoms with Crippen molar-refractivity contribution >= 4 is 36.2 Å². The van der Waals surface area contributed by atoms with E-state index in [1.54, 1.807) is 25.7 Å². The molecular formula is C31H45N3O4S. The molecule has 2 N–H and O–H groups in total. The molecule has 8 heteroatoms. The summed E-state index contributed by atoms with van der Waals surface area (Å²) in [5, 5.41) is 5.79. The van der Waals surface area contributed by atoms with Crippen LogP contribution in [0.15, 0.2) is 36.4 Å². The molecule has 0 saturated heterocycles. The molecule has 2 atom stereocenters. The molecule has 0 bridgehead atoms. The predicted octanol–water partition coefficient (Wildman–Crippen LogP) is 6.44. The van der Waals surface area contributed by atoms with E-state index < -0.39 is 35.2 Å². The minimum Gasteiger partial charge on any atom is -0.444 e. The smallest absolute Gasteiger partial charge is 0.408 e. The van der Waals surface area contributed by atoms with Gasteiger partial charge >= 0.3 is 6.09 Å². The normalized spacial score (nSPS) is 13.3. The number of benzene rings is 2. The number of alkyl carbamates (subject to hydrolysis) is 1. The Kier molecular flexibility index (Phi) is 10.7. The van der Waals surface area contributed by atoms with Gasteiger partial charge in [-0.05, 0) is 91.0 Å². The molecule has 3 amide bonds. The summed E-state index contributed by atoms with van der Waals surface area (Å²) in [4.78, 5) is 42.8. The van der Waals surface area contributed by atoms with Crippen LogP contribution in [0.4, 0.5) is 10.5 Å². The third-order valence-electron chi connectivity index (χ3n) is 6.88. The third kappa shape index (κ3) is 8.24. The molecule has 214 valence electrons. The van der Waals surface area contributed by atoms with Crippen molar-refractivity contribution < 1.29 is 19.1 Å². The lowest BCUT2D eigenvalue weighted by atomic mass is 9.90. The number of anilines is 1. The molecule has 0 saturated carbocycles. The maximum absolute atomic E-state index is 14.3. The first-order valence-corrected chi connectivity index (χ1v) is 14.0. The minimum absolute atomic E-state index is 0.0342. The Morgan fingerprint density at radius 2 is 1.54 bits per heavy atom. The molecule has 0 aromatic heterocycles. The van der Waals surface area contributed by atoms with Gasteiger partial charge in [-0.25, -0.2) is 4.79 Å². The molecule has 7 nitrogen and oxygen atoms in total. The molecule has 0 aliphatic carbocycles. The monoisotopic (exact) mass is 555 g/mol. The largest absolute Gasteiger partial charge is 0.444 e. The van der Waals surface area contributed by atoms with Gasteiger partial charge in [0.15, 0.2) is 0 Å². The maximum atomic E-state index is 14.3. The van der Waals surface area contributed by atoms with Gasteiger partial charge in [-0.2, -0.15) is 12.6 Å². The SMILES string of the molecule is CCC(C)(C)N(C(=O)C(CS)NC(=O)OC(C)(C)C)C(C(=O)Nc1c(C)cccc1C)c1ccc(C)cc1C. The number of hydrogen-bond donors (Lipinski definition) is 3. The second kappa shape index (κ2) is 12.9. The lowest BCUT2D eigenvalue weighted by molar-refractivity contribution is -0.147. The lowest BCUT2D eigenvalue weighted by Crippen LogP contribution is -2.59. The highest BCUT2D eigenvalue weighted by Crippen LogP contribution is 2.35. The number of nitrogens with zero attached hydrogens (tertiary/aromatic N) is 1. The Morgan fingerprint density at radius 1 is 0.949 bits per heavy atom. The predicted molar refractivity (Wildman–Crippen MR) is 161 cm³/mol. The lowest BCUT2D eigenvalue weighted by Gasteiger charge is -2.45. The summed E-state index contributed by atoms with van der Waals surface area (Å²) in [6, 6.07) is 9.71. The van der Waals surface area contributed by atoms with Crippen LogP contribution in [-0.4, -0.2) is 45.7 Å². The summed E-state index contributed by atoms with van der Waals surface area (Å²) in [6.45, 7) is 18.9. The summed E-state index contributed by atoms with van der Waals surface area (Å²) in [5.74, 6) is -0.708. The molecule has 2 unspecified atom stereocenters. The fourth-order valence-corrected chi connectivity index (χ4v) is 4.73. The summed E-state index contributed by atoms with van der Waals surface area (Å²) in [5.41, 5.74) is 3.76. The highest BCUT2D eigenvalue weighted by atomic mass is 32.1. The molecule has 0 fully saturated rings. The molecule has 2 aromatic rings. The summed E-state index contributed by atoms with van der Waals surface area (Å²) < 4.78 is 5.41. The van der Waals surface area contributed by atoms with Gasteiger partial charge in [0, 0.05) is 17.0 Å². The second-order valence-corrected chi connectivity index (χ2v) is 12.1. The number of carbonyl (C=O) groups excluding carboxylic acids is 3. The number of para-hydroxylation sites is 1. The van der Waals surface area contributed by atoms with Crippen LogP contribution in [0.2, 0.25) is 0 Å². The zero-order valence-corrected chi connectivity index (χ0v) is 26.0. The first kappa shape index (κ1) is 32.2. The minimum atomic E-state index is -1.00. The number of amides is 3. The van der Waals surface area contributed by atoms with Gasteiger partial charge in [-0.3, -0.25) is 9.59 Å². The van der Waals surface area contributed by atoms with Crippen LogP contribution >= 0.6 is 12.6 Å². The van der Waals surface area contributed by atoms with Crippen LogP contribution in [0.5, 0.6) is 0 Å². The van der Waals surface area contributed by atoms with E-state index in [-0.39, 0.29) is 11.7 Å². The van der Waals surface area contributed by atoms with E-state index in [0.717, 1.165) is 33.5 Å². The number of aryl methyl sites for hydroxylation is 4. The number of carbonyl (C=O) groups is 3. The Bertz CT molecular complexity index is 1180. The molecule has 2 aromatic carbocycles. The number of ether oxygens (including phenoxy) is 1. The van der Waals surface area contributed by atoms with Gasteiger partial charge in [0.2, 0.25) is 5.91 Å². The van der Waals surface area contributed by atoms with E-state index >= 15 is 0 Å². The maximum Gasteiger partial charge on any atom is 0.408 e. The number of nitrogens with one attached hydrogen (secondary N) is 2. The summed E-state index contributed by atoms with van der Waals surface area (Å²) >= 11 is 4.39. The molecule has 2 rings (SSSR count). The zero-order chi connectivity index (χ0) is 29.7. The van der Waals surface area contributed by atoms with E-state index in [2.05, 4.69) is 23.3 Å². The van der Waals surface area contributed by atoms with E-state index in [1.807, 2.05) is 84.9 Å². The molecule has 0 aliphatic rings. The van der Waals surface area contributed by atoms with Gasteiger partial charge in [-0.1, -0.05) is 48.9 Å². The molecule has 0 radical (unpaired) electrons. The van der Waals surface area contributed by atoms with Crippen LogP contribution in [-0.2, 0) is 14.3 Å². The highest BCUT2D eigenvalue weighted by Gasteiger charge is 2.43. The van der Waals surface area contributed by atoms with Crippen molar-refractivity contribution in [2.45, 2.75) is 98.9 Å². The van der Waals surface area contributed by atoms with Crippen molar-refractivity contribution in [2.24, 2.45) is 0 Å². The topological polar surface area (TPSA) is 87.7 Å². The van der Waals surface area contributed by atoms with Crippen LogP contribution < -0.4 is 10.6 Å². The Hall–Kier alpha value is -3.00. The van der Waals surface area contributed by atoms with Crippen LogP contribution in [0.25, 0.3) is 0 Å². The first-order valence-electron chi connectivity index (χ1n) is 13.4. The van der Waals surface area contributed by atoms with E-state index in [9.17, 15) is 14.4 Å². The first-order chi connectivity index (χ1) is 18.0. The van der Waals surface area contributed by atoms with Gasteiger partial charge in [-0.15, -0.1) is 0 Å².